The maximum absolute atomic E-state index is 11.2. The molecule has 5 heteroatoms. The van der Waals surface area contributed by atoms with E-state index in [-0.39, 0.29) is 24.7 Å². The Morgan fingerprint density at radius 3 is 1.72 bits per heavy atom. The molecule has 2 N–H and O–H groups in total. The summed E-state index contributed by atoms with van der Waals surface area (Å²) in [7, 11) is -4.11. The van der Waals surface area contributed by atoms with Gasteiger partial charge in [0.2, 0.25) is 0 Å². The number of nitriles is 1. The molecule has 0 saturated heterocycles. The predicted molar refractivity (Wildman–Crippen MR) is 78.3 cm³/mol. The second kappa shape index (κ2) is 5.43. The van der Waals surface area contributed by atoms with Crippen molar-refractivity contribution in [2.75, 3.05) is 6.16 Å². The molecule has 0 heterocycles. The van der Waals surface area contributed by atoms with E-state index in [1.165, 1.54) is 0 Å². The van der Waals surface area contributed by atoms with Gasteiger partial charge in [-0.2, -0.15) is 0 Å². The third-order valence-corrected chi connectivity index (χ3v) is 9.24. The Labute approximate surface area is 112 Å². The van der Waals surface area contributed by atoms with Crippen LogP contribution < -0.4 is 0 Å². The summed E-state index contributed by atoms with van der Waals surface area (Å²) in [6.45, 7) is 13.4. The molecule has 0 unspecified atom stereocenters. The standard InChI is InChI=1S/C13H29N2O2P/c1-11(2)15(12(3)4)18(16,17,10-8-9-14)13(5,6)7/h11-12,16-17H,8,10H2,1-7H3. The van der Waals surface area contributed by atoms with Crippen molar-refractivity contribution in [1.29, 1.82) is 5.26 Å². The van der Waals surface area contributed by atoms with Crippen LogP contribution in [0.25, 0.3) is 0 Å². The van der Waals surface area contributed by atoms with E-state index in [2.05, 4.69) is 0 Å². The van der Waals surface area contributed by atoms with Crippen molar-refractivity contribution < 1.29 is 9.79 Å². The Bertz CT molecular complexity index is 319. The van der Waals surface area contributed by atoms with Gasteiger partial charge in [-0.25, -0.2) is 0 Å². The van der Waals surface area contributed by atoms with Gasteiger partial charge in [0.25, 0.3) is 0 Å². The first-order valence-electron chi connectivity index (χ1n) is 6.54. The summed E-state index contributed by atoms with van der Waals surface area (Å²) in [5.74, 6) is 0. The molecule has 0 radical (unpaired) electrons. The van der Waals surface area contributed by atoms with Gasteiger partial charge < -0.3 is 0 Å². The Hall–Kier alpha value is -0.200. The summed E-state index contributed by atoms with van der Waals surface area (Å²) in [6.07, 6.45) is 0.306. The molecule has 0 rings (SSSR count). The number of hydrogen-bond donors (Lipinski definition) is 2. The maximum atomic E-state index is 11.2. The summed E-state index contributed by atoms with van der Waals surface area (Å²) >= 11 is 0. The first-order chi connectivity index (χ1) is 7.88. The topological polar surface area (TPSA) is 67.5 Å². The molecule has 0 aliphatic carbocycles. The van der Waals surface area contributed by atoms with Crippen LogP contribution in [0.3, 0.4) is 0 Å². The zero-order valence-electron chi connectivity index (χ0n) is 12.8. The van der Waals surface area contributed by atoms with E-state index in [0.29, 0.717) is 0 Å². The molecule has 18 heavy (non-hydrogen) atoms. The quantitative estimate of drug-likeness (QED) is 0.757. The minimum absolute atomic E-state index is 0.0237. The normalized spacial score (nSPS) is 15.8. The van der Waals surface area contributed by atoms with Crippen LogP contribution in [0.5, 0.6) is 0 Å². The van der Waals surface area contributed by atoms with Crippen LogP contribution >= 0.6 is 7.21 Å². The van der Waals surface area contributed by atoms with Gasteiger partial charge in [0, 0.05) is 0 Å². The molecular weight excluding hydrogens is 247 g/mol. The van der Waals surface area contributed by atoms with E-state index in [9.17, 15) is 9.79 Å². The second-order valence-electron chi connectivity index (χ2n) is 6.52. The van der Waals surface area contributed by atoms with E-state index in [0.717, 1.165) is 0 Å². The first-order valence-corrected chi connectivity index (χ1v) is 8.82. The molecule has 0 aromatic heterocycles. The number of nitrogens with zero attached hydrogens (tertiary/aromatic N) is 2. The van der Waals surface area contributed by atoms with Gasteiger partial charge in [0.1, 0.15) is 0 Å². The van der Waals surface area contributed by atoms with Crippen molar-refractivity contribution in [2.24, 2.45) is 0 Å². The summed E-state index contributed by atoms with van der Waals surface area (Å²) in [5, 5.41) is 8.14. The Balaban J connectivity index is 5.81. The molecule has 0 aliphatic heterocycles. The van der Waals surface area contributed by atoms with Crippen LogP contribution in [0.15, 0.2) is 0 Å². The third kappa shape index (κ3) is 3.03. The van der Waals surface area contributed by atoms with Crippen molar-refractivity contribution in [3.05, 3.63) is 0 Å². The number of hydrogen-bond acceptors (Lipinski definition) is 4. The molecule has 0 saturated carbocycles. The molecular formula is C13H29N2O2P. The Morgan fingerprint density at radius 1 is 1.11 bits per heavy atom. The van der Waals surface area contributed by atoms with Gasteiger partial charge in [-0.05, 0) is 0 Å². The van der Waals surface area contributed by atoms with Crippen LogP contribution in [-0.2, 0) is 0 Å². The van der Waals surface area contributed by atoms with Gasteiger partial charge in [0.05, 0.1) is 0 Å². The molecule has 0 bridgehead atoms. The van der Waals surface area contributed by atoms with Crippen LogP contribution in [0.4, 0.5) is 0 Å². The van der Waals surface area contributed by atoms with Crippen LogP contribution in [-0.4, -0.2) is 37.9 Å². The first kappa shape index (κ1) is 17.8. The van der Waals surface area contributed by atoms with Crippen molar-refractivity contribution in [1.82, 2.24) is 4.67 Å². The second-order valence-corrected chi connectivity index (χ2v) is 11.1. The molecule has 0 spiro atoms. The third-order valence-electron chi connectivity index (χ3n) is 3.55. The summed E-state index contributed by atoms with van der Waals surface area (Å²) < 4.78 is 1.82. The predicted octanol–water partition coefficient (Wildman–Crippen LogP) is 3.10. The molecule has 0 aromatic rings. The van der Waals surface area contributed by atoms with E-state index < -0.39 is 12.4 Å². The molecule has 0 aromatic carbocycles. The van der Waals surface area contributed by atoms with Gasteiger partial charge in [0.15, 0.2) is 0 Å². The van der Waals surface area contributed by atoms with Crippen molar-refractivity contribution >= 4 is 7.21 Å². The average Bonchev–Trinajstić information content (AvgIpc) is 2.11. The van der Waals surface area contributed by atoms with Crippen LogP contribution in [0.2, 0.25) is 0 Å². The molecule has 108 valence electrons. The fourth-order valence-corrected chi connectivity index (χ4v) is 6.67. The fourth-order valence-electron chi connectivity index (χ4n) is 2.62. The van der Waals surface area contributed by atoms with Crippen molar-refractivity contribution in [2.45, 2.75) is 72.1 Å². The SMILES string of the molecule is CC(C)N(C(C)C)P(O)(O)(CCC#N)C(C)(C)C. The van der Waals surface area contributed by atoms with E-state index >= 15 is 0 Å². The van der Waals surface area contributed by atoms with E-state index in [1.807, 2.05) is 59.2 Å². The molecule has 4 nitrogen and oxygen atoms in total. The fraction of sp³-hybridized carbons (Fsp3) is 0.923. The molecule has 0 atom stereocenters. The van der Waals surface area contributed by atoms with Crippen molar-refractivity contribution in [3.63, 3.8) is 0 Å². The van der Waals surface area contributed by atoms with Gasteiger partial charge in [-0.3, -0.25) is 0 Å². The van der Waals surface area contributed by atoms with Crippen LogP contribution in [0, 0.1) is 11.3 Å². The van der Waals surface area contributed by atoms with Gasteiger partial charge in [-0.1, -0.05) is 0 Å². The summed E-state index contributed by atoms with van der Waals surface area (Å²) in [4.78, 5) is 22.4. The van der Waals surface area contributed by atoms with E-state index in [4.69, 9.17) is 5.26 Å². The average molecular weight is 276 g/mol. The summed E-state index contributed by atoms with van der Waals surface area (Å²) in [6, 6.07) is 2.09. The van der Waals surface area contributed by atoms with Crippen LogP contribution in [0.1, 0.15) is 54.9 Å². The number of rotatable bonds is 5. The summed E-state index contributed by atoms with van der Waals surface area (Å²) in [5.41, 5.74) is 0. The monoisotopic (exact) mass is 276 g/mol. The minimum atomic E-state index is -4.11. The Kier molecular flexibility index (Phi) is 5.37. The zero-order chi connectivity index (χ0) is 14.8. The van der Waals surface area contributed by atoms with E-state index in [1.54, 1.807) is 0 Å². The van der Waals surface area contributed by atoms with Crippen molar-refractivity contribution in [3.8, 4) is 6.07 Å². The zero-order valence-corrected chi connectivity index (χ0v) is 13.7. The van der Waals surface area contributed by atoms with Gasteiger partial charge >= 0.3 is 111 Å². The molecule has 0 amide bonds. The van der Waals surface area contributed by atoms with Gasteiger partial charge in [-0.15, -0.1) is 0 Å². The molecule has 0 fully saturated rings. The Morgan fingerprint density at radius 2 is 1.50 bits per heavy atom. The molecule has 0 aliphatic rings.